The Hall–Kier alpha value is -1.88. The molecule has 0 aromatic heterocycles. The Bertz CT molecular complexity index is 565. The minimum absolute atomic E-state index is 0.0822. The van der Waals surface area contributed by atoms with Gasteiger partial charge in [0.15, 0.2) is 5.78 Å². The van der Waals surface area contributed by atoms with Gasteiger partial charge < -0.3 is 10.2 Å². The average molecular weight is 301 g/mol. The van der Waals surface area contributed by atoms with Crippen LogP contribution in [0.5, 0.6) is 0 Å². The van der Waals surface area contributed by atoms with Crippen LogP contribution in [0.25, 0.3) is 0 Å². The molecule has 1 saturated heterocycles. The zero-order chi connectivity index (χ0) is 15.5. The van der Waals surface area contributed by atoms with Gasteiger partial charge in [-0.1, -0.05) is 6.92 Å². The van der Waals surface area contributed by atoms with Gasteiger partial charge in [0, 0.05) is 44.0 Å². The van der Waals surface area contributed by atoms with Gasteiger partial charge in [0.05, 0.1) is 6.04 Å². The number of carbonyl (C=O) groups is 2. The van der Waals surface area contributed by atoms with E-state index in [-0.39, 0.29) is 11.8 Å². The van der Waals surface area contributed by atoms with Crippen molar-refractivity contribution in [3.8, 4) is 0 Å². The van der Waals surface area contributed by atoms with Crippen molar-refractivity contribution in [1.82, 2.24) is 9.80 Å². The molecule has 0 saturated carbocycles. The van der Waals surface area contributed by atoms with Crippen LogP contribution < -0.4 is 5.32 Å². The van der Waals surface area contributed by atoms with Crippen LogP contribution in [-0.2, 0) is 11.2 Å². The van der Waals surface area contributed by atoms with E-state index in [1.165, 1.54) is 5.56 Å². The van der Waals surface area contributed by atoms with Crippen LogP contribution in [0.15, 0.2) is 18.2 Å². The van der Waals surface area contributed by atoms with E-state index in [9.17, 15) is 9.59 Å². The summed E-state index contributed by atoms with van der Waals surface area (Å²) in [6.45, 7) is 5.98. The quantitative estimate of drug-likeness (QED) is 0.659. The molecule has 0 bridgehead atoms. The van der Waals surface area contributed by atoms with Gasteiger partial charge in [0.25, 0.3) is 0 Å². The Balaban J connectivity index is 1.73. The molecule has 1 amide bonds. The zero-order valence-corrected chi connectivity index (χ0v) is 13.0. The largest absolute Gasteiger partial charge is 0.384 e. The fourth-order valence-corrected chi connectivity index (χ4v) is 3.41. The third kappa shape index (κ3) is 2.86. The molecular formula is C17H23N3O2. The summed E-state index contributed by atoms with van der Waals surface area (Å²) in [6.07, 6.45) is 2.69. The number of nitrogens with zero attached hydrogens (tertiary/aromatic N) is 2. The molecule has 1 aromatic carbocycles. The summed E-state index contributed by atoms with van der Waals surface area (Å²) in [6, 6.07) is 5.92. The van der Waals surface area contributed by atoms with Crippen molar-refractivity contribution in [2.24, 2.45) is 0 Å². The lowest BCUT2D eigenvalue weighted by Crippen LogP contribution is -2.52. The highest BCUT2D eigenvalue weighted by Crippen LogP contribution is 2.24. The molecule has 5 nitrogen and oxygen atoms in total. The summed E-state index contributed by atoms with van der Waals surface area (Å²) in [7, 11) is 0. The lowest BCUT2D eigenvalue weighted by molar-refractivity contribution is -0.119. The number of amides is 1. The van der Waals surface area contributed by atoms with Crippen molar-refractivity contribution in [2.75, 3.05) is 38.0 Å². The van der Waals surface area contributed by atoms with Crippen LogP contribution in [0.3, 0.4) is 0 Å². The summed E-state index contributed by atoms with van der Waals surface area (Å²) in [5.74, 6) is 0.205. The molecule has 1 aromatic rings. The molecule has 5 heteroatoms. The van der Waals surface area contributed by atoms with Gasteiger partial charge in [-0.15, -0.1) is 0 Å². The number of Topliss-reactive ketones (excluding diaryl/α,β-unsaturated/α-hetero) is 1. The summed E-state index contributed by atoms with van der Waals surface area (Å²) in [5.41, 5.74) is 3.21. The van der Waals surface area contributed by atoms with E-state index in [0.717, 1.165) is 50.1 Å². The number of benzene rings is 1. The molecule has 2 aliphatic rings. The maximum absolute atomic E-state index is 12.9. The van der Waals surface area contributed by atoms with Crippen LogP contribution in [0.1, 0.15) is 29.3 Å². The summed E-state index contributed by atoms with van der Waals surface area (Å²) in [5, 5.41) is 3.32. The highest BCUT2D eigenvalue weighted by Gasteiger charge is 2.28. The molecule has 22 heavy (non-hydrogen) atoms. The second kappa shape index (κ2) is 6.48. The molecule has 2 heterocycles. The van der Waals surface area contributed by atoms with Gasteiger partial charge in [-0.05, 0) is 36.6 Å². The van der Waals surface area contributed by atoms with Crippen LogP contribution in [0.4, 0.5) is 5.69 Å². The van der Waals surface area contributed by atoms with E-state index in [1.807, 2.05) is 18.2 Å². The highest BCUT2D eigenvalue weighted by atomic mass is 16.1. The smallest absolute Gasteiger partial charge is 0.209 e. The minimum atomic E-state index is -0.0822. The SMILES string of the molecule is CCC(C(=O)c1ccc2c(c1)CCN2)N1CCN(C=O)CC1. The van der Waals surface area contributed by atoms with E-state index >= 15 is 0 Å². The standard InChI is InChI=1S/C17H23N3O2/c1-2-16(20-9-7-19(12-21)8-10-20)17(22)14-3-4-15-13(11-14)5-6-18-15/h3-4,11-12,16,18H,2,5-10H2,1H3. The van der Waals surface area contributed by atoms with E-state index in [4.69, 9.17) is 0 Å². The molecule has 1 atom stereocenters. The van der Waals surface area contributed by atoms with Gasteiger partial charge in [-0.3, -0.25) is 14.5 Å². The Morgan fingerprint density at radius 1 is 1.32 bits per heavy atom. The summed E-state index contributed by atoms with van der Waals surface area (Å²) in [4.78, 5) is 27.7. The first-order chi connectivity index (χ1) is 10.7. The fraction of sp³-hybridized carbons (Fsp3) is 0.529. The van der Waals surface area contributed by atoms with Gasteiger partial charge in [-0.25, -0.2) is 0 Å². The van der Waals surface area contributed by atoms with E-state index in [1.54, 1.807) is 4.90 Å². The molecule has 2 aliphatic heterocycles. The van der Waals surface area contributed by atoms with Crippen LogP contribution in [-0.4, -0.2) is 60.8 Å². The molecule has 1 unspecified atom stereocenters. The second-order valence-electron chi connectivity index (χ2n) is 6.01. The lowest BCUT2D eigenvalue weighted by Gasteiger charge is -2.37. The average Bonchev–Trinajstić information content (AvgIpc) is 3.03. The molecule has 118 valence electrons. The van der Waals surface area contributed by atoms with Crippen molar-refractivity contribution in [2.45, 2.75) is 25.8 Å². The first-order valence-electron chi connectivity index (χ1n) is 8.07. The maximum atomic E-state index is 12.9. The molecule has 0 spiro atoms. The number of nitrogens with one attached hydrogen (secondary N) is 1. The maximum Gasteiger partial charge on any atom is 0.209 e. The number of rotatable bonds is 5. The minimum Gasteiger partial charge on any atom is -0.384 e. The fourth-order valence-electron chi connectivity index (χ4n) is 3.41. The van der Waals surface area contributed by atoms with Gasteiger partial charge in [0.2, 0.25) is 6.41 Å². The van der Waals surface area contributed by atoms with E-state index in [2.05, 4.69) is 17.1 Å². The first-order valence-corrected chi connectivity index (χ1v) is 8.07. The normalized spacial score (nSPS) is 19.4. The number of piperazine rings is 1. The zero-order valence-electron chi connectivity index (χ0n) is 13.0. The predicted octanol–water partition coefficient (Wildman–Crippen LogP) is 1.39. The van der Waals surface area contributed by atoms with E-state index < -0.39 is 0 Å². The topological polar surface area (TPSA) is 52.7 Å². The monoisotopic (exact) mass is 301 g/mol. The molecule has 0 radical (unpaired) electrons. The van der Waals surface area contributed by atoms with Crippen LogP contribution >= 0.6 is 0 Å². The second-order valence-corrected chi connectivity index (χ2v) is 6.01. The van der Waals surface area contributed by atoms with Crippen molar-refractivity contribution >= 4 is 17.9 Å². The Morgan fingerprint density at radius 2 is 2.09 bits per heavy atom. The number of hydrogen-bond donors (Lipinski definition) is 1. The van der Waals surface area contributed by atoms with Crippen LogP contribution in [0, 0.1) is 0 Å². The lowest BCUT2D eigenvalue weighted by atomic mass is 9.97. The molecular weight excluding hydrogens is 278 g/mol. The first kappa shape index (κ1) is 15.0. The molecule has 0 aliphatic carbocycles. The summed E-state index contributed by atoms with van der Waals surface area (Å²) < 4.78 is 0. The van der Waals surface area contributed by atoms with Crippen molar-refractivity contribution in [1.29, 1.82) is 0 Å². The number of carbonyl (C=O) groups excluding carboxylic acids is 2. The van der Waals surface area contributed by atoms with Crippen molar-refractivity contribution in [3.63, 3.8) is 0 Å². The number of ketones is 1. The molecule has 1 N–H and O–H groups in total. The Kier molecular flexibility index (Phi) is 4.43. The number of fused-ring (bicyclic) bond motifs is 1. The Labute approximate surface area is 131 Å². The van der Waals surface area contributed by atoms with E-state index in [0.29, 0.717) is 13.1 Å². The van der Waals surface area contributed by atoms with Gasteiger partial charge in [0.1, 0.15) is 0 Å². The van der Waals surface area contributed by atoms with Crippen molar-refractivity contribution < 1.29 is 9.59 Å². The third-order valence-electron chi connectivity index (χ3n) is 4.73. The van der Waals surface area contributed by atoms with Gasteiger partial charge >= 0.3 is 0 Å². The Morgan fingerprint density at radius 3 is 2.77 bits per heavy atom. The number of hydrogen-bond acceptors (Lipinski definition) is 4. The third-order valence-corrected chi connectivity index (χ3v) is 4.73. The molecule has 3 rings (SSSR count). The molecule has 1 fully saturated rings. The van der Waals surface area contributed by atoms with Crippen LogP contribution in [0.2, 0.25) is 0 Å². The summed E-state index contributed by atoms with van der Waals surface area (Å²) >= 11 is 0. The van der Waals surface area contributed by atoms with Crippen molar-refractivity contribution in [3.05, 3.63) is 29.3 Å². The number of anilines is 1. The van der Waals surface area contributed by atoms with Gasteiger partial charge in [-0.2, -0.15) is 0 Å². The highest BCUT2D eigenvalue weighted by molar-refractivity contribution is 6.00. The predicted molar refractivity (Wildman–Crippen MR) is 86.3 cm³/mol.